The number of anilines is 1. The molecule has 10 nitrogen and oxygen atoms in total. The van der Waals surface area contributed by atoms with Crippen LogP contribution in [0.4, 0.5) is 11.4 Å². The Morgan fingerprint density at radius 1 is 1.16 bits per heavy atom. The van der Waals surface area contributed by atoms with Crippen LogP contribution >= 0.6 is 0 Å². The average Bonchev–Trinajstić information content (AvgIpc) is 3.18. The number of hydrogen-bond donors (Lipinski definition) is 0. The molecule has 0 saturated carbocycles. The Morgan fingerprint density at radius 2 is 1.94 bits per heavy atom. The molecule has 0 aromatic heterocycles. The number of esters is 1. The molecular formula is C21H20N2O8. The fourth-order valence-corrected chi connectivity index (χ4v) is 3.24. The summed E-state index contributed by atoms with van der Waals surface area (Å²) in [5.41, 5.74) is 0.327. The van der Waals surface area contributed by atoms with Gasteiger partial charge in [-0.25, -0.2) is 0 Å². The summed E-state index contributed by atoms with van der Waals surface area (Å²) in [6.45, 7) is -0.498. The molecule has 1 aliphatic heterocycles. The van der Waals surface area contributed by atoms with Gasteiger partial charge in [-0.2, -0.15) is 0 Å². The summed E-state index contributed by atoms with van der Waals surface area (Å²) in [5.74, 6) is -1.32. The number of Topliss-reactive ketones (excluding diaryl/α,β-unsaturated/α-hetero) is 1. The van der Waals surface area contributed by atoms with Crippen molar-refractivity contribution in [2.24, 2.45) is 5.92 Å². The third kappa shape index (κ3) is 4.80. The molecule has 1 aliphatic rings. The number of hydrogen-bond acceptors (Lipinski definition) is 8. The van der Waals surface area contributed by atoms with E-state index in [0.29, 0.717) is 17.2 Å². The Hall–Kier alpha value is -3.95. The van der Waals surface area contributed by atoms with Gasteiger partial charge in [0.25, 0.3) is 5.69 Å². The molecule has 1 fully saturated rings. The molecular weight excluding hydrogens is 408 g/mol. The van der Waals surface area contributed by atoms with Crippen LogP contribution in [0.25, 0.3) is 0 Å². The second-order valence-corrected chi connectivity index (χ2v) is 6.78. The number of nitro benzene ring substituents is 1. The van der Waals surface area contributed by atoms with Crippen LogP contribution < -0.4 is 14.4 Å². The maximum absolute atomic E-state index is 12.5. The SMILES string of the molecule is COc1ccc(N2C[C@H](C(=O)OCC(=O)c3cccc([N+](=O)[O-])c3)CC2=O)c(OC)c1. The number of benzene rings is 2. The average molecular weight is 428 g/mol. The number of carbonyl (C=O) groups excluding carboxylic acids is 3. The summed E-state index contributed by atoms with van der Waals surface area (Å²) in [4.78, 5) is 48.8. The van der Waals surface area contributed by atoms with Gasteiger partial charge < -0.3 is 19.1 Å². The van der Waals surface area contributed by atoms with Gasteiger partial charge in [0.1, 0.15) is 11.5 Å². The van der Waals surface area contributed by atoms with E-state index < -0.39 is 29.2 Å². The van der Waals surface area contributed by atoms with Crippen molar-refractivity contribution in [3.05, 3.63) is 58.1 Å². The summed E-state index contributed by atoms with van der Waals surface area (Å²) < 4.78 is 15.5. The van der Waals surface area contributed by atoms with Crippen LogP contribution in [0.5, 0.6) is 11.5 Å². The minimum Gasteiger partial charge on any atom is -0.497 e. The summed E-state index contributed by atoms with van der Waals surface area (Å²) in [6, 6.07) is 10.1. The molecule has 1 saturated heterocycles. The lowest BCUT2D eigenvalue weighted by molar-refractivity contribution is -0.384. The Labute approximate surface area is 177 Å². The van der Waals surface area contributed by atoms with E-state index in [-0.39, 0.29) is 30.1 Å². The number of methoxy groups -OCH3 is 2. The molecule has 1 amide bonds. The smallest absolute Gasteiger partial charge is 0.311 e. The highest BCUT2D eigenvalue weighted by Crippen LogP contribution is 2.36. The van der Waals surface area contributed by atoms with E-state index in [1.54, 1.807) is 18.2 Å². The summed E-state index contributed by atoms with van der Waals surface area (Å²) in [7, 11) is 2.97. The van der Waals surface area contributed by atoms with Crippen LogP contribution in [0.15, 0.2) is 42.5 Å². The Balaban J connectivity index is 1.64. The molecule has 2 aromatic rings. The first-order valence-electron chi connectivity index (χ1n) is 9.30. The standard InChI is InChI=1S/C21H20N2O8/c1-29-16-6-7-17(19(10-16)30-2)22-11-14(9-20(22)25)21(26)31-12-18(24)13-4-3-5-15(8-13)23(27)28/h3-8,10,14H,9,11-12H2,1-2H3/t14-/m1/s1. The fraction of sp³-hybridized carbons (Fsp3) is 0.286. The zero-order valence-electron chi connectivity index (χ0n) is 16.9. The van der Waals surface area contributed by atoms with Gasteiger partial charge in [-0.15, -0.1) is 0 Å². The molecule has 1 heterocycles. The van der Waals surface area contributed by atoms with Gasteiger partial charge in [0.15, 0.2) is 6.61 Å². The molecule has 10 heteroatoms. The van der Waals surface area contributed by atoms with Crippen molar-refractivity contribution in [2.75, 3.05) is 32.3 Å². The van der Waals surface area contributed by atoms with Crippen molar-refractivity contribution in [2.45, 2.75) is 6.42 Å². The molecule has 1 atom stereocenters. The fourth-order valence-electron chi connectivity index (χ4n) is 3.24. The summed E-state index contributed by atoms with van der Waals surface area (Å²) in [5, 5.41) is 10.8. The number of non-ortho nitro benzene ring substituents is 1. The maximum Gasteiger partial charge on any atom is 0.311 e. The van der Waals surface area contributed by atoms with Crippen LogP contribution in [0.2, 0.25) is 0 Å². The van der Waals surface area contributed by atoms with Crippen LogP contribution in [-0.4, -0.2) is 50.0 Å². The van der Waals surface area contributed by atoms with Gasteiger partial charge >= 0.3 is 5.97 Å². The first kappa shape index (κ1) is 21.8. The van der Waals surface area contributed by atoms with Crippen molar-refractivity contribution in [3.8, 4) is 11.5 Å². The van der Waals surface area contributed by atoms with E-state index in [4.69, 9.17) is 14.2 Å². The number of ether oxygens (including phenoxy) is 3. The molecule has 2 aromatic carbocycles. The van der Waals surface area contributed by atoms with E-state index in [2.05, 4.69) is 0 Å². The van der Waals surface area contributed by atoms with E-state index >= 15 is 0 Å². The van der Waals surface area contributed by atoms with Crippen LogP contribution in [0.3, 0.4) is 0 Å². The number of nitrogens with zero attached hydrogens (tertiary/aromatic N) is 2. The van der Waals surface area contributed by atoms with Crippen LogP contribution in [-0.2, 0) is 14.3 Å². The van der Waals surface area contributed by atoms with Crippen LogP contribution in [0.1, 0.15) is 16.8 Å². The van der Waals surface area contributed by atoms with Gasteiger partial charge in [0.2, 0.25) is 11.7 Å². The Kier molecular flexibility index (Phi) is 6.49. The van der Waals surface area contributed by atoms with Crippen molar-refractivity contribution in [3.63, 3.8) is 0 Å². The number of nitro groups is 1. The Morgan fingerprint density at radius 3 is 2.61 bits per heavy atom. The quantitative estimate of drug-likeness (QED) is 0.272. The van der Waals surface area contributed by atoms with Gasteiger partial charge in [-0.1, -0.05) is 12.1 Å². The largest absolute Gasteiger partial charge is 0.497 e. The highest BCUT2D eigenvalue weighted by Gasteiger charge is 2.37. The van der Waals surface area contributed by atoms with Gasteiger partial charge in [-0.05, 0) is 12.1 Å². The molecule has 0 unspecified atom stereocenters. The third-order valence-corrected chi connectivity index (χ3v) is 4.86. The highest BCUT2D eigenvalue weighted by atomic mass is 16.6. The second kappa shape index (κ2) is 9.24. The van der Waals surface area contributed by atoms with Crippen molar-refractivity contribution in [1.82, 2.24) is 0 Å². The molecule has 0 aliphatic carbocycles. The van der Waals surface area contributed by atoms with E-state index in [1.807, 2.05) is 0 Å². The zero-order chi connectivity index (χ0) is 22.5. The second-order valence-electron chi connectivity index (χ2n) is 6.78. The minimum absolute atomic E-state index is 0.0640. The van der Waals surface area contributed by atoms with Crippen molar-refractivity contribution in [1.29, 1.82) is 0 Å². The van der Waals surface area contributed by atoms with Crippen LogP contribution in [0, 0.1) is 16.0 Å². The van der Waals surface area contributed by atoms with Crippen molar-refractivity contribution >= 4 is 29.0 Å². The third-order valence-electron chi connectivity index (χ3n) is 4.86. The predicted molar refractivity (Wildman–Crippen MR) is 108 cm³/mol. The highest BCUT2D eigenvalue weighted by molar-refractivity contribution is 6.02. The minimum atomic E-state index is -0.753. The number of ketones is 1. The molecule has 162 valence electrons. The normalized spacial score (nSPS) is 15.5. The first-order valence-corrected chi connectivity index (χ1v) is 9.30. The van der Waals surface area contributed by atoms with Crippen molar-refractivity contribution < 1.29 is 33.5 Å². The molecule has 0 bridgehead atoms. The molecule has 31 heavy (non-hydrogen) atoms. The lowest BCUT2D eigenvalue weighted by Gasteiger charge is -2.20. The maximum atomic E-state index is 12.5. The van der Waals surface area contributed by atoms with E-state index in [1.165, 1.54) is 37.3 Å². The van der Waals surface area contributed by atoms with E-state index in [9.17, 15) is 24.5 Å². The van der Waals surface area contributed by atoms with Gasteiger partial charge in [0.05, 0.1) is 30.7 Å². The number of amides is 1. The lowest BCUT2D eigenvalue weighted by atomic mass is 10.1. The van der Waals surface area contributed by atoms with Gasteiger partial charge in [0, 0.05) is 36.7 Å². The number of rotatable bonds is 8. The summed E-state index contributed by atoms with van der Waals surface area (Å²) in [6.07, 6.45) is -0.0704. The van der Waals surface area contributed by atoms with E-state index in [0.717, 1.165) is 6.07 Å². The molecule has 0 radical (unpaired) electrons. The zero-order valence-corrected chi connectivity index (χ0v) is 16.9. The Bertz CT molecular complexity index is 1040. The topological polar surface area (TPSA) is 125 Å². The molecule has 0 N–H and O–H groups in total. The molecule has 3 rings (SSSR count). The summed E-state index contributed by atoms with van der Waals surface area (Å²) >= 11 is 0. The van der Waals surface area contributed by atoms with Gasteiger partial charge in [-0.3, -0.25) is 24.5 Å². The lowest BCUT2D eigenvalue weighted by Crippen LogP contribution is -2.27. The predicted octanol–water partition coefficient (Wildman–Crippen LogP) is 2.39. The molecule has 0 spiro atoms. The number of carbonyl (C=O) groups is 3. The first-order chi connectivity index (χ1) is 14.8. The monoisotopic (exact) mass is 428 g/mol.